The Morgan fingerprint density at radius 2 is 0.912 bits per heavy atom. The first-order valence-electron chi connectivity index (χ1n) is 15.9. The van der Waals surface area contributed by atoms with Crippen molar-refractivity contribution in [2.45, 2.75) is 188 Å². The lowest BCUT2D eigenvalue weighted by molar-refractivity contribution is -0.704. The molecule has 0 radical (unpaired) electrons. The van der Waals surface area contributed by atoms with Crippen LogP contribution in [0.5, 0.6) is 0 Å². The molecule has 0 saturated carbocycles. The summed E-state index contributed by atoms with van der Waals surface area (Å²) in [4.78, 5) is 0. The van der Waals surface area contributed by atoms with Crippen LogP contribution in [-0.2, 0) is 19.5 Å². The van der Waals surface area contributed by atoms with Gasteiger partial charge >= 0.3 is 0 Å². The molecule has 0 aliphatic carbocycles. The first-order valence-corrected chi connectivity index (χ1v) is 15.9. The molecule has 1 aromatic rings. The van der Waals surface area contributed by atoms with Gasteiger partial charge in [0.2, 0.25) is 0 Å². The molecule has 34 heavy (non-hydrogen) atoms. The summed E-state index contributed by atoms with van der Waals surface area (Å²) in [6, 6.07) is 0. The summed E-state index contributed by atoms with van der Waals surface area (Å²) in [6.07, 6.45) is 38.6. The lowest BCUT2D eigenvalue weighted by atomic mass is 10.0. The lowest BCUT2D eigenvalue weighted by Gasteiger charge is -2.06. The molecule has 0 aliphatic rings. The predicted octanol–water partition coefficient (Wildman–Crippen LogP) is 10.4. The second-order valence-corrected chi connectivity index (χ2v) is 10.9. The maximum Gasteiger partial charge on any atom is 0.256 e. The number of aromatic nitrogens is 2. The summed E-state index contributed by atoms with van der Waals surface area (Å²) in [5, 5.41) is 0. The zero-order chi connectivity index (χ0) is 24.5. The summed E-state index contributed by atoms with van der Waals surface area (Å²) >= 11 is 0. The van der Waals surface area contributed by atoms with Gasteiger partial charge in [0.1, 0.15) is 12.4 Å². The topological polar surface area (TPSA) is 8.81 Å². The third-order valence-electron chi connectivity index (χ3n) is 7.60. The van der Waals surface area contributed by atoms with Crippen LogP contribution in [0.3, 0.4) is 0 Å². The van der Waals surface area contributed by atoms with Crippen molar-refractivity contribution in [3.63, 3.8) is 0 Å². The minimum atomic E-state index is 1.21. The molecule has 1 heterocycles. The van der Waals surface area contributed by atoms with E-state index in [1.54, 1.807) is 5.82 Å². The van der Waals surface area contributed by atoms with Gasteiger partial charge in [-0.3, -0.25) is 0 Å². The van der Waals surface area contributed by atoms with E-state index in [1.807, 2.05) is 0 Å². The Bertz CT molecular complexity index is 533. The second-order valence-electron chi connectivity index (χ2n) is 10.9. The van der Waals surface area contributed by atoms with Crippen LogP contribution < -0.4 is 4.57 Å². The zero-order valence-corrected chi connectivity index (χ0v) is 23.9. The van der Waals surface area contributed by atoms with Gasteiger partial charge in [-0.1, -0.05) is 136 Å². The van der Waals surface area contributed by atoms with Crippen molar-refractivity contribution in [1.82, 2.24) is 4.57 Å². The van der Waals surface area contributed by atoms with E-state index < -0.39 is 0 Å². The monoisotopic (exact) mass is 475 g/mol. The minimum Gasteiger partial charge on any atom is -0.234 e. The van der Waals surface area contributed by atoms with Gasteiger partial charge < -0.3 is 0 Å². The van der Waals surface area contributed by atoms with Crippen molar-refractivity contribution < 1.29 is 4.57 Å². The van der Waals surface area contributed by atoms with Crippen LogP contribution in [0.25, 0.3) is 0 Å². The fourth-order valence-corrected chi connectivity index (χ4v) is 5.26. The Morgan fingerprint density at radius 3 is 1.41 bits per heavy atom. The lowest BCUT2D eigenvalue weighted by Crippen LogP contribution is -2.37. The van der Waals surface area contributed by atoms with Crippen LogP contribution in [0.1, 0.15) is 174 Å². The number of rotatable bonds is 26. The minimum absolute atomic E-state index is 1.21. The number of unbranched alkanes of at least 4 members (excludes halogenated alkanes) is 20. The van der Waals surface area contributed by atoms with Crippen molar-refractivity contribution in [3.8, 4) is 0 Å². The van der Waals surface area contributed by atoms with Crippen molar-refractivity contribution >= 4 is 0 Å². The van der Waals surface area contributed by atoms with Gasteiger partial charge in [0.15, 0.2) is 0 Å². The first kappa shape index (κ1) is 31.2. The Kier molecular flexibility index (Phi) is 22.0. The fraction of sp³-hybridized carbons (Fsp3) is 0.906. The number of nitrogens with zero attached hydrogens (tertiary/aromatic N) is 2. The highest BCUT2D eigenvalue weighted by atomic mass is 15.1. The van der Waals surface area contributed by atoms with E-state index in [9.17, 15) is 0 Å². The van der Waals surface area contributed by atoms with Crippen LogP contribution in [0.2, 0.25) is 0 Å². The molecule has 0 spiro atoms. The van der Waals surface area contributed by atoms with Crippen LogP contribution in [-0.4, -0.2) is 4.57 Å². The van der Waals surface area contributed by atoms with Crippen LogP contribution in [0, 0.1) is 0 Å². The molecule has 0 amide bonds. The fourth-order valence-electron chi connectivity index (χ4n) is 5.26. The molecule has 0 N–H and O–H groups in total. The van der Waals surface area contributed by atoms with Crippen LogP contribution >= 0.6 is 0 Å². The molecular formula is C32H63N2+. The van der Waals surface area contributed by atoms with Gasteiger partial charge in [-0.2, -0.15) is 0 Å². The van der Waals surface area contributed by atoms with E-state index in [1.165, 1.54) is 167 Å². The molecule has 0 unspecified atom stereocenters. The standard InChI is InChI=1S/C32H63N2/c1-4-7-10-12-13-14-15-16-17-18-19-20-21-22-24-27-32-33(28-25-9-6-3)30-31-34(32)29-26-23-11-8-5-2/h30-31H,4-29H2,1-3H3/q+1. The number of hydrogen-bond donors (Lipinski definition) is 0. The molecule has 200 valence electrons. The highest BCUT2D eigenvalue weighted by Gasteiger charge is 2.16. The Morgan fingerprint density at radius 1 is 0.500 bits per heavy atom. The average Bonchev–Trinajstić information content (AvgIpc) is 3.23. The summed E-state index contributed by atoms with van der Waals surface area (Å²) in [7, 11) is 0. The molecular weight excluding hydrogens is 412 g/mol. The largest absolute Gasteiger partial charge is 0.256 e. The maximum atomic E-state index is 2.59. The van der Waals surface area contributed by atoms with E-state index in [4.69, 9.17) is 0 Å². The molecule has 0 bridgehead atoms. The molecule has 0 saturated heterocycles. The van der Waals surface area contributed by atoms with Crippen molar-refractivity contribution in [2.75, 3.05) is 0 Å². The summed E-state index contributed by atoms with van der Waals surface area (Å²) in [6.45, 7) is 9.35. The normalized spacial score (nSPS) is 11.5. The van der Waals surface area contributed by atoms with E-state index in [0.29, 0.717) is 0 Å². The molecule has 0 aliphatic heterocycles. The first-order chi connectivity index (χ1) is 16.8. The SMILES string of the molecule is CCCCCCCCCCCCCCCCCc1n(CCCCCCC)cc[n+]1CCCCC. The molecule has 0 fully saturated rings. The van der Waals surface area contributed by atoms with Gasteiger partial charge in [0.25, 0.3) is 5.82 Å². The number of aryl methyl sites for hydroxylation is 2. The predicted molar refractivity (Wildman–Crippen MR) is 152 cm³/mol. The highest BCUT2D eigenvalue weighted by molar-refractivity contribution is 4.84. The number of imidazole rings is 1. The molecule has 2 nitrogen and oxygen atoms in total. The Balaban J connectivity index is 2.14. The molecule has 0 atom stereocenters. The zero-order valence-electron chi connectivity index (χ0n) is 23.9. The quantitative estimate of drug-likeness (QED) is 0.0930. The van der Waals surface area contributed by atoms with Gasteiger partial charge in [0.05, 0.1) is 13.1 Å². The third kappa shape index (κ3) is 16.8. The van der Waals surface area contributed by atoms with E-state index in [-0.39, 0.29) is 0 Å². The van der Waals surface area contributed by atoms with Crippen molar-refractivity contribution in [3.05, 3.63) is 18.2 Å². The third-order valence-corrected chi connectivity index (χ3v) is 7.60. The van der Waals surface area contributed by atoms with Gasteiger partial charge in [-0.25, -0.2) is 9.13 Å². The van der Waals surface area contributed by atoms with Gasteiger partial charge in [-0.15, -0.1) is 0 Å². The molecule has 1 aromatic heterocycles. The van der Waals surface area contributed by atoms with E-state index >= 15 is 0 Å². The number of hydrogen-bond acceptors (Lipinski definition) is 0. The molecule has 1 rings (SSSR count). The Labute approximate surface area is 215 Å². The van der Waals surface area contributed by atoms with Gasteiger partial charge in [-0.05, 0) is 32.1 Å². The maximum absolute atomic E-state index is 2.59. The van der Waals surface area contributed by atoms with Crippen molar-refractivity contribution in [1.29, 1.82) is 0 Å². The van der Waals surface area contributed by atoms with Crippen molar-refractivity contribution in [2.24, 2.45) is 0 Å². The van der Waals surface area contributed by atoms with Crippen LogP contribution in [0.15, 0.2) is 12.4 Å². The molecule has 2 heteroatoms. The summed E-state index contributed by atoms with van der Waals surface area (Å²) < 4.78 is 5.16. The average molecular weight is 476 g/mol. The van der Waals surface area contributed by atoms with Gasteiger partial charge in [0, 0.05) is 6.42 Å². The summed E-state index contributed by atoms with van der Waals surface area (Å²) in [5.74, 6) is 1.60. The highest BCUT2D eigenvalue weighted by Crippen LogP contribution is 2.14. The van der Waals surface area contributed by atoms with E-state index in [0.717, 1.165) is 0 Å². The smallest absolute Gasteiger partial charge is 0.234 e. The van der Waals surface area contributed by atoms with Crippen LogP contribution in [0.4, 0.5) is 0 Å². The summed E-state index contributed by atoms with van der Waals surface area (Å²) in [5.41, 5.74) is 0. The Hall–Kier alpha value is -0.790. The molecule has 0 aromatic carbocycles. The van der Waals surface area contributed by atoms with E-state index in [2.05, 4.69) is 42.3 Å². The second kappa shape index (κ2) is 23.9.